The van der Waals surface area contributed by atoms with Crippen molar-refractivity contribution in [2.75, 3.05) is 31.8 Å². The van der Waals surface area contributed by atoms with Crippen LogP contribution in [0.15, 0.2) is 23.8 Å². The van der Waals surface area contributed by atoms with Crippen molar-refractivity contribution >= 4 is 37.3 Å². The van der Waals surface area contributed by atoms with Gasteiger partial charge in [-0.25, -0.2) is 4.98 Å². The molecule has 1 saturated heterocycles. The zero-order valence-electron chi connectivity index (χ0n) is 24.8. The fourth-order valence-electron chi connectivity index (χ4n) is 3.95. The number of fused-ring (bicyclic) bond motifs is 1. The van der Waals surface area contributed by atoms with E-state index in [4.69, 9.17) is 24.7 Å². The molecule has 1 fully saturated rings. The lowest BCUT2D eigenvalue weighted by atomic mass is 10.1. The summed E-state index contributed by atoms with van der Waals surface area (Å²) in [5.41, 5.74) is 5.34. The predicted octanol–water partition coefficient (Wildman–Crippen LogP) is 1.65. The van der Waals surface area contributed by atoms with Crippen molar-refractivity contribution in [3.63, 3.8) is 0 Å². The quantitative estimate of drug-likeness (QED) is 0.0560. The number of hydrogen-bond acceptors (Lipinski definition) is 13. The van der Waals surface area contributed by atoms with Crippen molar-refractivity contribution < 1.29 is 33.6 Å². The molecular formula is C27H42N7O8P. The minimum absolute atomic E-state index is 0.00361. The first-order valence-electron chi connectivity index (χ1n) is 13.9. The van der Waals surface area contributed by atoms with Crippen LogP contribution in [-0.4, -0.2) is 80.6 Å². The lowest BCUT2D eigenvalue weighted by Crippen LogP contribution is -2.39. The van der Waals surface area contributed by atoms with Crippen LogP contribution in [0.25, 0.3) is 11.2 Å². The smallest absolute Gasteiger partial charge is 0.323 e. The Hall–Kier alpha value is -3.38. The van der Waals surface area contributed by atoms with Gasteiger partial charge in [-0.05, 0) is 25.8 Å². The second kappa shape index (κ2) is 17.7. The number of aliphatic hydroxyl groups excluding tert-OH is 1. The minimum Gasteiger partial charge on any atom is -0.465 e. The summed E-state index contributed by atoms with van der Waals surface area (Å²) in [5, 5.41) is 17.1. The minimum atomic E-state index is -1.49. The molecular weight excluding hydrogens is 581 g/mol. The molecule has 2 aromatic heterocycles. The van der Waals surface area contributed by atoms with E-state index in [2.05, 4.69) is 44.6 Å². The highest BCUT2D eigenvalue weighted by atomic mass is 31.1. The first kappa shape index (κ1) is 35.8. The number of aromatic nitrogens is 4. The van der Waals surface area contributed by atoms with Crippen LogP contribution in [0.4, 0.5) is 5.95 Å². The number of ether oxygens (including phenoxy) is 4. The number of nitrogens with two attached hydrogens (primary N) is 1. The Balaban J connectivity index is 0.00000316. The summed E-state index contributed by atoms with van der Waals surface area (Å²) in [6.07, 6.45) is 11.9. The molecule has 238 valence electrons. The highest BCUT2D eigenvalue weighted by Crippen LogP contribution is 2.41. The summed E-state index contributed by atoms with van der Waals surface area (Å²) in [7, 11) is -1.49. The molecule has 0 aliphatic carbocycles. The van der Waals surface area contributed by atoms with Gasteiger partial charge < -0.3 is 29.8 Å². The number of hydrogen-bond donors (Lipinski definition) is 5. The molecule has 0 amide bonds. The summed E-state index contributed by atoms with van der Waals surface area (Å²) >= 11 is 0. The Morgan fingerprint density at radius 1 is 1.35 bits per heavy atom. The maximum atomic E-state index is 12.5. The van der Waals surface area contributed by atoms with E-state index in [0.29, 0.717) is 13.2 Å². The zero-order chi connectivity index (χ0) is 32.0. The number of unbranched alkanes of at least 4 members (excludes halogenated alkanes) is 2. The summed E-state index contributed by atoms with van der Waals surface area (Å²) in [6.45, 7) is 10.00. The molecule has 1 aliphatic heterocycles. The van der Waals surface area contributed by atoms with Crippen molar-refractivity contribution in [3.8, 4) is 12.8 Å². The van der Waals surface area contributed by atoms with Gasteiger partial charge in [0.05, 0.1) is 40.7 Å². The van der Waals surface area contributed by atoms with Gasteiger partial charge in [0.2, 0.25) is 5.95 Å². The summed E-state index contributed by atoms with van der Waals surface area (Å²) in [5.74, 6) is -2.42. The number of imidazole rings is 1. The van der Waals surface area contributed by atoms with E-state index in [-0.39, 0.29) is 36.4 Å². The van der Waals surface area contributed by atoms with Crippen LogP contribution < -0.4 is 21.5 Å². The lowest BCUT2D eigenvalue weighted by molar-refractivity contribution is -0.199. The van der Waals surface area contributed by atoms with Crippen molar-refractivity contribution in [2.24, 2.45) is 0 Å². The van der Waals surface area contributed by atoms with E-state index in [1.807, 2.05) is 13.8 Å². The third kappa shape index (κ3) is 10.1. The Morgan fingerprint density at radius 2 is 2.02 bits per heavy atom. The van der Waals surface area contributed by atoms with E-state index in [1.54, 1.807) is 6.92 Å². The molecule has 43 heavy (non-hydrogen) atoms. The van der Waals surface area contributed by atoms with Gasteiger partial charge in [0.15, 0.2) is 23.2 Å². The molecule has 5 atom stereocenters. The average Bonchev–Trinajstić information content (AvgIpc) is 3.56. The number of aromatic amines is 1. The third-order valence-electron chi connectivity index (χ3n) is 6.24. The second-order valence-electron chi connectivity index (χ2n) is 9.55. The highest BCUT2D eigenvalue weighted by molar-refractivity contribution is 7.53. The van der Waals surface area contributed by atoms with Gasteiger partial charge >= 0.3 is 11.9 Å². The average molecular weight is 624 g/mol. The van der Waals surface area contributed by atoms with Gasteiger partial charge in [-0.1, -0.05) is 33.3 Å². The molecule has 0 radical (unpaired) electrons. The first-order chi connectivity index (χ1) is 20.6. The summed E-state index contributed by atoms with van der Waals surface area (Å²) in [4.78, 5) is 47.4. The monoisotopic (exact) mass is 623 g/mol. The van der Waals surface area contributed by atoms with Crippen LogP contribution in [0.5, 0.6) is 0 Å². The van der Waals surface area contributed by atoms with Crippen molar-refractivity contribution in [1.29, 1.82) is 0 Å². The number of rotatable bonds is 17. The maximum absolute atomic E-state index is 12.5. The number of terminal acetylenes is 1. The Labute approximate surface area is 251 Å². The van der Waals surface area contributed by atoms with Crippen LogP contribution in [0.3, 0.4) is 0 Å². The van der Waals surface area contributed by atoms with E-state index in [1.165, 1.54) is 17.0 Å². The lowest BCUT2D eigenvalue weighted by Gasteiger charge is -2.30. The number of nitrogens with zero attached hydrogens (tertiary/aromatic N) is 3. The molecule has 3 heterocycles. The zero-order valence-corrected chi connectivity index (χ0v) is 25.7. The Kier molecular flexibility index (Phi) is 14.7. The molecule has 6 N–H and O–H groups in total. The van der Waals surface area contributed by atoms with Gasteiger partial charge in [-0.2, -0.15) is 4.98 Å². The van der Waals surface area contributed by atoms with Crippen molar-refractivity contribution in [3.05, 3.63) is 29.3 Å². The number of nitrogen functional groups attached to an aromatic ring is 1. The van der Waals surface area contributed by atoms with Gasteiger partial charge in [-0.15, -0.1) is 12.8 Å². The molecule has 2 aromatic rings. The molecule has 0 aromatic carbocycles. The summed E-state index contributed by atoms with van der Waals surface area (Å²) in [6, 6.07) is -0.695. The predicted molar refractivity (Wildman–Crippen MR) is 161 cm³/mol. The van der Waals surface area contributed by atoms with Crippen LogP contribution in [-0.2, 0) is 28.5 Å². The fraction of sp³-hybridized carbons (Fsp3) is 0.593. The summed E-state index contributed by atoms with van der Waals surface area (Å²) < 4.78 is 24.2. The SMILES string of the molecule is C#C.C=CC1(OCP(NCC(=O)OCCCC)N[C@@H](C)C(=O)OCCCC)CC(O)C(n2cnc3c(=O)[nH]c(N)nc32)O1. The Bertz CT molecular complexity index is 1280. The normalized spacial score (nSPS) is 21.0. The molecule has 0 bridgehead atoms. The molecule has 0 spiro atoms. The molecule has 0 saturated carbocycles. The van der Waals surface area contributed by atoms with E-state index in [9.17, 15) is 19.5 Å². The first-order valence-corrected chi connectivity index (χ1v) is 15.4. The number of esters is 2. The van der Waals surface area contributed by atoms with Crippen LogP contribution in [0.2, 0.25) is 0 Å². The van der Waals surface area contributed by atoms with Crippen molar-refractivity contribution in [2.45, 2.75) is 77.0 Å². The second-order valence-corrected chi connectivity index (χ2v) is 11.2. The van der Waals surface area contributed by atoms with Gasteiger partial charge in [0.1, 0.15) is 12.1 Å². The van der Waals surface area contributed by atoms with E-state index >= 15 is 0 Å². The highest BCUT2D eigenvalue weighted by Gasteiger charge is 2.47. The van der Waals surface area contributed by atoms with Gasteiger partial charge in [0, 0.05) is 6.42 Å². The Morgan fingerprint density at radius 3 is 2.67 bits per heavy atom. The van der Waals surface area contributed by atoms with E-state index in [0.717, 1.165) is 25.7 Å². The molecule has 15 nitrogen and oxygen atoms in total. The van der Waals surface area contributed by atoms with Gasteiger partial charge in [0.25, 0.3) is 5.56 Å². The van der Waals surface area contributed by atoms with Crippen LogP contribution in [0.1, 0.15) is 59.1 Å². The molecule has 16 heteroatoms. The van der Waals surface area contributed by atoms with Crippen LogP contribution >= 0.6 is 8.22 Å². The molecule has 4 unspecified atom stereocenters. The molecule has 1 aliphatic rings. The molecule has 3 rings (SSSR count). The number of nitrogens with one attached hydrogen (secondary N) is 3. The van der Waals surface area contributed by atoms with Crippen molar-refractivity contribution in [1.82, 2.24) is 29.7 Å². The standard InChI is InChI=1S/C25H40N7O8P.C2H2/c1-5-8-10-37-18(34)13-28-41(31-16(4)23(36)38-11-9-6-2)15-39-25(7-3)12-17(33)22(40-25)32-14-27-19-20(32)29-24(26)30-21(19)35;1-2/h7,14,16-17,22,28,31,33H,3,5-6,8-13,15H2,1-2,4H3,(H3,26,29,30,35);1-2H/t16-,17?,22?,25?,41?;/m0./s1. The number of aliphatic hydroxyl groups is 1. The maximum Gasteiger partial charge on any atom is 0.323 e. The number of H-pyrrole nitrogens is 1. The van der Waals surface area contributed by atoms with E-state index < -0.39 is 49.9 Å². The van der Waals surface area contributed by atoms with Gasteiger partial charge in [-0.3, -0.25) is 34.1 Å². The third-order valence-corrected chi connectivity index (χ3v) is 7.86. The van der Waals surface area contributed by atoms with Crippen LogP contribution in [0, 0.1) is 12.8 Å². The largest absolute Gasteiger partial charge is 0.465 e. The number of carbonyl (C=O) groups is 2. The fourth-order valence-corrected chi connectivity index (χ4v) is 5.45. The number of anilines is 1. The number of carbonyl (C=O) groups excluding carboxylic acids is 2. The topological polar surface area (TPSA) is 205 Å².